The molecular weight excluding hydrogens is 428 g/mol. The number of amides is 2. The lowest BCUT2D eigenvalue weighted by molar-refractivity contribution is 0.0857. The molecule has 2 N–H and O–H groups in total. The average Bonchev–Trinajstić information content (AvgIpc) is 3.50. The first-order valence-corrected chi connectivity index (χ1v) is 11.2. The zero-order valence-corrected chi connectivity index (χ0v) is 18.5. The zero-order valence-electron chi connectivity index (χ0n) is 17.7. The highest BCUT2D eigenvalue weighted by molar-refractivity contribution is 7.13. The molecule has 0 aliphatic carbocycles. The number of aromatic nitrogens is 2. The van der Waals surface area contributed by atoms with Crippen LogP contribution in [0.2, 0.25) is 0 Å². The molecule has 1 atom stereocenters. The molecule has 0 radical (unpaired) electrons. The molecule has 32 heavy (non-hydrogen) atoms. The number of anilines is 1. The van der Waals surface area contributed by atoms with E-state index >= 15 is 0 Å². The fourth-order valence-corrected chi connectivity index (χ4v) is 3.90. The molecule has 1 aliphatic rings. The molecular formula is C23H24N4O4S. The minimum absolute atomic E-state index is 0.108. The summed E-state index contributed by atoms with van der Waals surface area (Å²) >= 11 is 1.18. The quantitative estimate of drug-likeness (QED) is 0.542. The van der Waals surface area contributed by atoms with E-state index in [4.69, 9.17) is 9.47 Å². The van der Waals surface area contributed by atoms with Crippen LogP contribution >= 0.6 is 11.3 Å². The molecule has 166 valence electrons. The molecule has 2 heterocycles. The summed E-state index contributed by atoms with van der Waals surface area (Å²) in [5.41, 5.74) is 2.27. The van der Waals surface area contributed by atoms with Gasteiger partial charge >= 0.3 is 0 Å². The van der Waals surface area contributed by atoms with Gasteiger partial charge < -0.3 is 20.1 Å². The van der Waals surface area contributed by atoms with Gasteiger partial charge in [-0.1, -0.05) is 29.5 Å². The Morgan fingerprint density at radius 2 is 1.94 bits per heavy atom. The van der Waals surface area contributed by atoms with Gasteiger partial charge in [-0.15, -0.1) is 10.2 Å². The molecule has 1 fully saturated rings. The molecule has 0 spiro atoms. The predicted octanol–water partition coefficient (Wildman–Crippen LogP) is 3.59. The number of para-hydroxylation sites is 1. The van der Waals surface area contributed by atoms with E-state index in [0.717, 1.165) is 30.7 Å². The molecule has 1 aromatic heterocycles. The minimum atomic E-state index is -0.304. The Balaban J connectivity index is 1.26. The number of nitrogens with one attached hydrogen (secondary N) is 2. The van der Waals surface area contributed by atoms with E-state index in [0.29, 0.717) is 22.9 Å². The lowest BCUT2D eigenvalue weighted by Gasteiger charge is -2.11. The summed E-state index contributed by atoms with van der Waals surface area (Å²) in [5.74, 6) is 0.156. The Morgan fingerprint density at radius 1 is 1.12 bits per heavy atom. The molecule has 1 saturated heterocycles. The Morgan fingerprint density at radius 3 is 2.69 bits per heavy atom. The van der Waals surface area contributed by atoms with Gasteiger partial charge in [-0.3, -0.25) is 9.59 Å². The second-order valence-corrected chi connectivity index (χ2v) is 8.49. The van der Waals surface area contributed by atoms with E-state index in [-0.39, 0.29) is 29.5 Å². The summed E-state index contributed by atoms with van der Waals surface area (Å²) in [5, 5.41) is 14.6. The van der Waals surface area contributed by atoms with Gasteiger partial charge in [0.05, 0.1) is 6.10 Å². The van der Waals surface area contributed by atoms with Gasteiger partial charge in [-0.05, 0) is 55.7 Å². The van der Waals surface area contributed by atoms with Gasteiger partial charge in [-0.25, -0.2) is 0 Å². The summed E-state index contributed by atoms with van der Waals surface area (Å²) in [4.78, 5) is 24.7. The van der Waals surface area contributed by atoms with Crippen LogP contribution in [-0.2, 0) is 11.3 Å². The summed E-state index contributed by atoms with van der Waals surface area (Å²) in [6, 6.07) is 14.4. The van der Waals surface area contributed by atoms with E-state index in [9.17, 15) is 9.59 Å². The first-order chi connectivity index (χ1) is 15.6. The molecule has 1 aliphatic heterocycles. The summed E-state index contributed by atoms with van der Waals surface area (Å²) in [6.07, 6.45) is 2.13. The maximum atomic E-state index is 12.4. The number of ether oxygens (including phenoxy) is 2. The summed E-state index contributed by atoms with van der Waals surface area (Å²) in [6.45, 7) is 3.39. The minimum Gasteiger partial charge on any atom is -0.486 e. The number of aryl methyl sites for hydroxylation is 1. The molecule has 8 nitrogen and oxygen atoms in total. The van der Waals surface area contributed by atoms with Crippen molar-refractivity contribution in [2.75, 3.05) is 18.5 Å². The number of benzene rings is 2. The van der Waals surface area contributed by atoms with Crippen molar-refractivity contribution in [3.05, 3.63) is 69.7 Å². The van der Waals surface area contributed by atoms with Gasteiger partial charge in [0.2, 0.25) is 5.01 Å². The van der Waals surface area contributed by atoms with Crippen LogP contribution in [0.15, 0.2) is 48.5 Å². The Labute approximate surface area is 190 Å². The lowest BCUT2D eigenvalue weighted by Crippen LogP contribution is -2.31. The monoisotopic (exact) mass is 452 g/mol. The van der Waals surface area contributed by atoms with Gasteiger partial charge in [0.1, 0.15) is 12.4 Å². The van der Waals surface area contributed by atoms with Crippen LogP contribution in [0.3, 0.4) is 0 Å². The van der Waals surface area contributed by atoms with Crippen molar-refractivity contribution in [2.24, 2.45) is 0 Å². The molecule has 3 aromatic rings. The SMILES string of the molecule is Cc1ccccc1NC(=O)c1nnc(COc2ccc(C(=O)NC[C@H]3CCCO3)cc2)s1. The largest absolute Gasteiger partial charge is 0.486 e. The second-order valence-electron chi connectivity index (χ2n) is 7.43. The molecule has 4 rings (SSSR count). The van der Waals surface area contributed by atoms with E-state index in [1.165, 1.54) is 11.3 Å². The number of carbonyl (C=O) groups is 2. The Bertz CT molecular complexity index is 1080. The van der Waals surface area contributed by atoms with Crippen molar-refractivity contribution in [3.8, 4) is 5.75 Å². The van der Waals surface area contributed by atoms with Crippen LogP contribution in [0.1, 0.15) is 43.6 Å². The molecule has 0 bridgehead atoms. The normalized spacial score (nSPS) is 15.3. The standard InChI is InChI=1S/C23H24N4O4S/c1-15-5-2-3-7-19(15)25-22(29)23-27-26-20(32-23)14-31-17-10-8-16(9-11-17)21(28)24-13-18-6-4-12-30-18/h2-3,5,7-11,18H,4,6,12-14H2,1H3,(H,24,28)(H,25,29)/t18-/m1/s1. The fraction of sp³-hybridized carbons (Fsp3) is 0.304. The van der Waals surface area contributed by atoms with Crippen LogP contribution in [-0.4, -0.2) is 41.3 Å². The van der Waals surface area contributed by atoms with E-state index in [1.54, 1.807) is 24.3 Å². The molecule has 0 unspecified atom stereocenters. The first kappa shape index (κ1) is 21.9. The second kappa shape index (κ2) is 10.3. The molecule has 0 saturated carbocycles. The van der Waals surface area contributed by atoms with E-state index < -0.39 is 0 Å². The lowest BCUT2D eigenvalue weighted by atomic mass is 10.2. The third-order valence-electron chi connectivity index (χ3n) is 5.05. The van der Waals surface area contributed by atoms with E-state index in [2.05, 4.69) is 20.8 Å². The van der Waals surface area contributed by atoms with Crippen LogP contribution < -0.4 is 15.4 Å². The average molecular weight is 453 g/mol. The topological polar surface area (TPSA) is 102 Å². The van der Waals surface area contributed by atoms with Gasteiger partial charge in [0, 0.05) is 24.4 Å². The van der Waals surface area contributed by atoms with Crippen molar-refractivity contribution < 1.29 is 19.1 Å². The van der Waals surface area contributed by atoms with Crippen molar-refractivity contribution in [1.82, 2.24) is 15.5 Å². The van der Waals surface area contributed by atoms with Gasteiger partial charge in [0.15, 0.2) is 5.01 Å². The first-order valence-electron chi connectivity index (χ1n) is 10.4. The van der Waals surface area contributed by atoms with Crippen molar-refractivity contribution in [1.29, 1.82) is 0 Å². The number of carbonyl (C=O) groups excluding carboxylic acids is 2. The molecule has 2 amide bonds. The van der Waals surface area contributed by atoms with Crippen molar-refractivity contribution >= 4 is 28.8 Å². The van der Waals surface area contributed by atoms with Crippen molar-refractivity contribution in [3.63, 3.8) is 0 Å². The van der Waals surface area contributed by atoms with E-state index in [1.807, 2.05) is 31.2 Å². The molecule has 9 heteroatoms. The Hall–Kier alpha value is -3.30. The van der Waals surface area contributed by atoms with Crippen LogP contribution in [0.5, 0.6) is 5.75 Å². The highest BCUT2D eigenvalue weighted by Crippen LogP contribution is 2.19. The molecule has 2 aromatic carbocycles. The third kappa shape index (κ3) is 5.68. The van der Waals surface area contributed by atoms with Crippen LogP contribution in [0.4, 0.5) is 5.69 Å². The van der Waals surface area contributed by atoms with Crippen molar-refractivity contribution in [2.45, 2.75) is 32.5 Å². The van der Waals surface area contributed by atoms with Crippen LogP contribution in [0, 0.1) is 6.92 Å². The number of nitrogens with zero attached hydrogens (tertiary/aromatic N) is 2. The highest BCUT2D eigenvalue weighted by atomic mass is 32.1. The maximum absolute atomic E-state index is 12.4. The summed E-state index contributed by atoms with van der Waals surface area (Å²) in [7, 11) is 0. The maximum Gasteiger partial charge on any atom is 0.286 e. The predicted molar refractivity (Wildman–Crippen MR) is 121 cm³/mol. The van der Waals surface area contributed by atoms with Crippen LogP contribution in [0.25, 0.3) is 0 Å². The smallest absolute Gasteiger partial charge is 0.286 e. The zero-order chi connectivity index (χ0) is 22.3. The fourth-order valence-electron chi connectivity index (χ4n) is 3.25. The van der Waals surface area contributed by atoms with Gasteiger partial charge in [0.25, 0.3) is 11.8 Å². The third-order valence-corrected chi connectivity index (χ3v) is 5.94. The van der Waals surface area contributed by atoms with Gasteiger partial charge in [-0.2, -0.15) is 0 Å². The summed E-state index contributed by atoms with van der Waals surface area (Å²) < 4.78 is 11.2. The Kier molecular flexibility index (Phi) is 7.08. The number of hydrogen-bond acceptors (Lipinski definition) is 7. The number of rotatable bonds is 8. The number of hydrogen-bond donors (Lipinski definition) is 2. The highest BCUT2D eigenvalue weighted by Gasteiger charge is 2.17.